The summed E-state index contributed by atoms with van der Waals surface area (Å²) in [6, 6.07) is 6.36. The van der Waals surface area contributed by atoms with Gasteiger partial charge in [0.2, 0.25) is 0 Å². The minimum atomic E-state index is -3.28. The monoisotopic (exact) mass is 414 g/mol. The Morgan fingerprint density at radius 3 is 2.11 bits per heavy atom. The number of nitrogens with two attached hydrogens (primary N) is 1. The summed E-state index contributed by atoms with van der Waals surface area (Å²) < 4.78 is 25.3. The number of hydrogen-bond acceptors (Lipinski definition) is 4. The van der Waals surface area contributed by atoms with Gasteiger partial charge in [-0.3, -0.25) is 4.79 Å². The summed E-state index contributed by atoms with van der Waals surface area (Å²) in [5.74, 6) is 0.274. The van der Waals surface area contributed by atoms with Crippen LogP contribution in [0.15, 0.2) is 29.2 Å². The van der Waals surface area contributed by atoms with Crippen molar-refractivity contribution in [2.45, 2.75) is 74.0 Å². The van der Waals surface area contributed by atoms with Crippen molar-refractivity contribution in [3.8, 4) is 0 Å². The van der Waals surface area contributed by atoms with Crippen LogP contribution in [0.2, 0.25) is 0 Å². The molecule has 2 aliphatic carbocycles. The number of amides is 1. The Bertz CT molecular complexity index is 709. The highest BCUT2D eigenvalue weighted by atomic mass is 35.5. The molecule has 0 saturated heterocycles. The number of halogens is 1. The van der Waals surface area contributed by atoms with Gasteiger partial charge >= 0.3 is 0 Å². The third kappa shape index (κ3) is 5.24. The maximum atomic E-state index is 12.6. The molecule has 152 valence electrons. The molecule has 1 amide bonds. The zero-order valence-corrected chi connectivity index (χ0v) is 17.4. The first-order valence-electron chi connectivity index (χ1n) is 9.87. The van der Waals surface area contributed by atoms with Crippen LogP contribution in [0.3, 0.4) is 0 Å². The molecule has 0 spiro atoms. The number of benzene rings is 1. The average Bonchev–Trinajstić information content (AvgIpc) is 3.22. The predicted octanol–water partition coefficient (Wildman–Crippen LogP) is 3.46. The summed E-state index contributed by atoms with van der Waals surface area (Å²) in [5.41, 5.74) is 6.38. The molecule has 1 aromatic carbocycles. The lowest BCUT2D eigenvalue weighted by Crippen LogP contribution is -2.45. The Hall–Kier alpha value is -1.11. The zero-order valence-electron chi connectivity index (χ0n) is 15.7. The standard InChI is InChI=1S/C20H30N2O3S.ClH/c21-14-19(15-6-2-1-3-7-15)22-20(23)16-10-12-18(13-11-16)26(24,25)17-8-4-5-9-17;/h10-13,15,17,19H,1-9,14,21H2,(H,22,23);1H. The SMILES string of the molecule is Cl.NCC(NC(=O)c1ccc(S(=O)(=O)C2CCCC2)cc1)C1CCCCC1. The van der Waals surface area contributed by atoms with Gasteiger partial charge in [-0.1, -0.05) is 32.1 Å². The molecule has 7 heteroatoms. The maximum Gasteiger partial charge on any atom is 0.251 e. The van der Waals surface area contributed by atoms with Gasteiger partial charge in [-0.2, -0.15) is 0 Å². The topological polar surface area (TPSA) is 89.3 Å². The van der Waals surface area contributed by atoms with Crippen LogP contribution in [0.25, 0.3) is 0 Å². The Balaban J connectivity index is 0.00000261. The molecule has 3 rings (SSSR count). The van der Waals surface area contributed by atoms with Crippen LogP contribution in [-0.2, 0) is 9.84 Å². The van der Waals surface area contributed by atoms with Crippen molar-refractivity contribution in [3.63, 3.8) is 0 Å². The second-order valence-corrected chi connectivity index (χ2v) is 9.92. The quantitative estimate of drug-likeness (QED) is 0.745. The summed E-state index contributed by atoms with van der Waals surface area (Å²) in [5, 5.41) is 2.78. The summed E-state index contributed by atoms with van der Waals surface area (Å²) in [6.45, 7) is 0.435. The van der Waals surface area contributed by atoms with E-state index in [4.69, 9.17) is 5.73 Å². The summed E-state index contributed by atoms with van der Waals surface area (Å²) in [4.78, 5) is 12.9. The molecule has 2 saturated carbocycles. The fourth-order valence-corrected chi connectivity index (χ4v) is 6.20. The first kappa shape index (κ1) is 22.2. The Kier molecular flexibility index (Phi) is 8.13. The molecule has 0 aliphatic heterocycles. The van der Waals surface area contributed by atoms with Crippen molar-refractivity contribution in [2.75, 3.05) is 6.54 Å². The molecule has 0 radical (unpaired) electrons. The summed E-state index contributed by atoms with van der Waals surface area (Å²) in [6.07, 6.45) is 9.32. The Morgan fingerprint density at radius 1 is 1.00 bits per heavy atom. The minimum absolute atomic E-state index is 0. The fraction of sp³-hybridized carbons (Fsp3) is 0.650. The van der Waals surface area contributed by atoms with Crippen molar-refractivity contribution < 1.29 is 13.2 Å². The highest BCUT2D eigenvalue weighted by Crippen LogP contribution is 2.30. The molecule has 0 aromatic heterocycles. The Labute approximate surface area is 168 Å². The lowest BCUT2D eigenvalue weighted by Gasteiger charge is -2.30. The van der Waals surface area contributed by atoms with Crippen LogP contribution >= 0.6 is 12.4 Å². The molecular weight excluding hydrogens is 384 g/mol. The number of nitrogens with one attached hydrogen (secondary N) is 1. The van der Waals surface area contributed by atoms with Crippen molar-refractivity contribution in [2.24, 2.45) is 11.7 Å². The molecule has 0 bridgehead atoms. The lowest BCUT2D eigenvalue weighted by molar-refractivity contribution is 0.0915. The first-order chi connectivity index (χ1) is 12.5. The minimum Gasteiger partial charge on any atom is -0.348 e. The van der Waals surface area contributed by atoms with Gasteiger partial charge in [0.25, 0.3) is 5.91 Å². The van der Waals surface area contributed by atoms with Crippen LogP contribution in [-0.4, -0.2) is 32.2 Å². The molecule has 0 heterocycles. The smallest absolute Gasteiger partial charge is 0.251 e. The van der Waals surface area contributed by atoms with E-state index in [1.54, 1.807) is 24.3 Å². The number of rotatable bonds is 6. The van der Waals surface area contributed by atoms with Crippen molar-refractivity contribution in [1.29, 1.82) is 0 Å². The van der Waals surface area contributed by atoms with E-state index in [1.807, 2.05) is 0 Å². The second-order valence-electron chi connectivity index (χ2n) is 7.69. The Morgan fingerprint density at radius 2 is 1.56 bits per heavy atom. The van der Waals surface area contributed by atoms with Gasteiger partial charge in [0.1, 0.15) is 0 Å². The van der Waals surface area contributed by atoms with Gasteiger partial charge in [0.05, 0.1) is 10.1 Å². The van der Waals surface area contributed by atoms with E-state index >= 15 is 0 Å². The largest absolute Gasteiger partial charge is 0.348 e. The molecule has 5 nitrogen and oxygen atoms in total. The summed E-state index contributed by atoms with van der Waals surface area (Å²) >= 11 is 0. The molecule has 1 atom stereocenters. The molecule has 3 N–H and O–H groups in total. The van der Waals surface area contributed by atoms with E-state index in [0.717, 1.165) is 38.5 Å². The molecular formula is C20H31ClN2O3S. The molecule has 1 aromatic rings. The average molecular weight is 415 g/mol. The van der Waals surface area contributed by atoms with Crippen LogP contribution < -0.4 is 11.1 Å². The van der Waals surface area contributed by atoms with Gasteiger partial charge in [0.15, 0.2) is 9.84 Å². The van der Waals surface area contributed by atoms with Crippen LogP contribution in [0.5, 0.6) is 0 Å². The van der Waals surface area contributed by atoms with Gasteiger partial charge in [-0.15, -0.1) is 12.4 Å². The van der Waals surface area contributed by atoms with E-state index in [-0.39, 0.29) is 29.6 Å². The third-order valence-corrected chi connectivity index (χ3v) is 8.25. The molecule has 2 aliphatic rings. The lowest BCUT2D eigenvalue weighted by atomic mass is 9.84. The molecule has 27 heavy (non-hydrogen) atoms. The predicted molar refractivity (Wildman–Crippen MR) is 110 cm³/mol. The van der Waals surface area contributed by atoms with Crippen molar-refractivity contribution in [1.82, 2.24) is 5.32 Å². The van der Waals surface area contributed by atoms with E-state index in [2.05, 4.69) is 5.32 Å². The van der Waals surface area contributed by atoms with E-state index in [9.17, 15) is 13.2 Å². The number of carbonyl (C=O) groups is 1. The van der Waals surface area contributed by atoms with Gasteiger partial charge in [-0.05, 0) is 55.9 Å². The van der Waals surface area contributed by atoms with E-state index < -0.39 is 9.84 Å². The third-order valence-electron chi connectivity index (χ3n) is 5.98. The van der Waals surface area contributed by atoms with Gasteiger partial charge < -0.3 is 11.1 Å². The zero-order chi connectivity index (χ0) is 18.6. The van der Waals surface area contributed by atoms with Crippen LogP contribution in [0.1, 0.15) is 68.1 Å². The second kappa shape index (κ2) is 9.89. The van der Waals surface area contributed by atoms with Crippen molar-refractivity contribution >= 4 is 28.2 Å². The van der Waals surface area contributed by atoms with E-state index in [0.29, 0.717) is 22.9 Å². The van der Waals surface area contributed by atoms with Crippen molar-refractivity contribution in [3.05, 3.63) is 29.8 Å². The van der Waals surface area contributed by atoms with E-state index in [1.165, 1.54) is 19.3 Å². The fourth-order valence-electron chi connectivity index (χ4n) is 4.34. The number of hydrogen-bond donors (Lipinski definition) is 2. The van der Waals surface area contributed by atoms with Crippen LogP contribution in [0, 0.1) is 5.92 Å². The maximum absolute atomic E-state index is 12.6. The van der Waals surface area contributed by atoms with Crippen LogP contribution in [0.4, 0.5) is 0 Å². The molecule has 2 fully saturated rings. The summed E-state index contributed by atoms with van der Waals surface area (Å²) in [7, 11) is -3.28. The molecule has 1 unspecified atom stereocenters. The first-order valence-corrected chi connectivity index (χ1v) is 11.4. The highest BCUT2D eigenvalue weighted by molar-refractivity contribution is 7.92. The number of carbonyl (C=O) groups excluding carboxylic acids is 1. The van der Waals surface area contributed by atoms with Gasteiger partial charge in [-0.25, -0.2) is 8.42 Å². The van der Waals surface area contributed by atoms with Gasteiger partial charge in [0, 0.05) is 18.2 Å². The number of sulfone groups is 1. The highest BCUT2D eigenvalue weighted by Gasteiger charge is 2.30. The normalized spacial score (nSPS) is 20.0.